The number of para-hydroxylation sites is 1. The normalized spacial score (nSPS) is 11.4. The van der Waals surface area contributed by atoms with Gasteiger partial charge in [-0.2, -0.15) is 13.2 Å². The highest BCUT2D eigenvalue weighted by Gasteiger charge is 2.30. The first kappa shape index (κ1) is 23.1. The summed E-state index contributed by atoms with van der Waals surface area (Å²) in [5.74, 6) is 0.974. The molecule has 0 fully saturated rings. The van der Waals surface area contributed by atoms with E-state index >= 15 is 0 Å². The lowest BCUT2D eigenvalue weighted by molar-refractivity contribution is -0.137. The minimum absolute atomic E-state index is 0.153. The summed E-state index contributed by atoms with van der Waals surface area (Å²) in [6.07, 6.45) is 0.0908. The fourth-order valence-electron chi connectivity index (χ4n) is 3.69. The van der Waals surface area contributed by atoms with Crippen molar-refractivity contribution >= 4 is 17.2 Å². The van der Waals surface area contributed by atoms with Crippen LogP contribution in [0.2, 0.25) is 0 Å². The second-order valence-electron chi connectivity index (χ2n) is 7.99. The van der Waals surface area contributed by atoms with E-state index in [1.54, 1.807) is 35.7 Å². The van der Waals surface area contributed by atoms with Crippen LogP contribution in [-0.4, -0.2) is 27.3 Å². The first-order chi connectivity index (χ1) is 17.3. The quantitative estimate of drug-likeness (QED) is 0.284. The molecule has 0 radical (unpaired) electrons. The van der Waals surface area contributed by atoms with Crippen LogP contribution in [0.15, 0.2) is 97.5 Å². The number of halogens is 3. The SMILES string of the molecule is CN(C(=O)c1cn2c(-c3ccc(C(F)(F)F)cc3)cnc2cn1)c1ccc(Oc2ccccc2)cc1. The van der Waals surface area contributed by atoms with Crippen LogP contribution >= 0.6 is 0 Å². The predicted octanol–water partition coefficient (Wildman–Crippen LogP) is 6.48. The van der Waals surface area contributed by atoms with Gasteiger partial charge in [-0.25, -0.2) is 9.97 Å². The number of hydrogen-bond acceptors (Lipinski definition) is 4. The number of nitrogens with zero attached hydrogens (tertiary/aromatic N) is 4. The zero-order valence-corrected chi connectivity index (χ0v) is 19.0. The van der Waals surface area contributed by atoms with E-state index in [4.69, 9.17) is 4.74 Å². The maximum atomic E-state index is 13.2. The third-order valence-corrected chi connectivity index (χ3v) is 5.63. The molecule has 0 saturated heterocycles. The molecule has 0 aliphatic carbocycles. The molecule has 6 nitrogen and oxygen atoms in total. The molecule has 2 heterocycles. The van der Waals surface area contributed by atoms with Gasteiger partial charge in [0.2, 0.25) is 0 Å². The van der Waals surface area contributed by atoms with E-state index in [-0.39, 0.29) is 11.6 Å². The molecule has 180 valence electrons. The van der Waals surface area contributed by atoms with Crippen molar-refractivity contribution in [2.45, 2.75) is 6.18 Å². The van der Waals surface area contributed by atoms with Crippen molar-refractivity contribution in [3.05, 3.63) is 109 Å². The van der Waals surface area contributed by atoms with Crippen LogP contribution in [-0.2, 0) is 6.18 Å². The summed E-state index contributed by atoms with van der Waals surface area (Å²) in [5, 5.41) is 0. The van der Waals surface area contributed by atoms with E-state index in [1.807, 2.05) is 30.3 Å². The fourth-order valence-corrected chi connectivity index (χ4v) is 3.69. The van der Waals surface area contributed by atoms with Crippen LogP contribution in [0, 0.1) is 0 Å². The van der Waals surface area contributed by atoms with E-state index in [2.05, 4.69) is 9.97 Å². The monoisotopic (exact) mass is 488 g/mol. The van der Waals surface area contributed by atoms with Crippen molar-refractivity contribution in [2.75, 3.05) is 11.9 Å². The Labute approximate surface area is 204 Å². The highest BCUT2D eigenvalue weighted by Crippen LogP contribution is 2.31. The predicted molar refractivity (Wildman–Crippen MR) is 129 cm³/mol. The van der Waals surface area contributed by atoms with E-state index in [0.717, 1.165) is 12.1 Å². The number of carbonyl (C=O) groups is 1. The smallest absolute Gasteiger partial charge is 0.416 e. The summed E-state index contributed by atoms with van der Waals surface area (Å²) in [7, 11) is 1.63. The van der Waals surface area contributed by atoms with Gasteiger partial charge in [0.05, 0.1) is 23.7 Å². The Hall–Kier alpha value is -4.66. The van der Waals surface area contributed by atoms with Crippen molar-refractivity contribution in [2.24, 2.45) is 0 Å². The molecular weight excluding hydrogens is 469 g/mol. The van der Waals surface area contributed by atoms with Crippen molar-refractivity contribution in [3.63, 3.8) is 0 Å². The summed E-state index contributed by atoms with van der Waals surface area (Å²) in [4.78, 5) is 23.1. The maximum absolute atomic E-state index is 13.2. The Kier molecular flexibility index (Phi) is 5.89. The number of aromatic nitrogens is 3. The van der Waals surface area contributed by atoms with Crippen LogP contribution in [0.3, 0.4) is 0 Å². The summed E-state index contributed by atoms with van der Waals surface area (Å²) in [5.41, 5.74) is 1.59. The Morgan fingerprint density at radius 2 is 1.53 bits per heavy atom. The third-order valence-electron chi connectivity index (χ3n) is 5.63. The molecule has 0 saturated carbocycles. The van der Waals surface area contributed by atoms with Gasteiger partial charge < -0.3 is 9.64 Å². The number of hydrogen-bond donors (Lipinski definition) is 0. The molecule has 0 atom stereocenters. The lowest BCUT2D eigenvalue weighted by Crippen LogP contribution is -2.27. The molecule has 2 aromatic heterocycles. The molecule has 0 N–H and O–H groups in total. The number of anilines is 1. The number of rotatable bonds is 5. The van der Waals surface area contributed by atoms with E-state index in [0.29, 0.717) is 34.1 Å². The summed E-state index contributed by atoms with van der Waals surface area (Å²) in [6.45, 7) is 0. The van der Waals surface area contributed by atoms with Crippen LogP contribution in [0.5, 0.6) is 11.5 Å². The van der Waals surface area contributed by atoms with E-state index in [9.17, 15) is 18.0 Å². The Morgan fingerprint density at radius 3 is 2.19 bits per heavy atom. The van der Waals surface area contributed by atoms with Crippen LogP contribution in [0.4, 0.5) is 18.9 Å². The first-order valence-corrected chi connectivity index (χ1v) is 10.9. The zero-order chi connectivity index (χ0) is 25.3. The zero-order valence-electron chi connectivity index (χ0n) is 19.0. The average Bonchev–Trinajstić information content (AvgIpc) is 3.32. The van der Waals surface area contributed by atoms with Gasteiger partial charge in [-0.1, -0.05) is 30.3 Å². The van der Waals surface area contributed by atoms with Gasteiger partial charge in [0.15, 0.2) is 5.65 Å². The van der Waals surface area contributed by atoms with Crippen LogP contribution in [0.1, 0.15) is 16.1 Å². The van der Waals surface area contributed by atoms with E-state index in [1.165, 1.54) is 35.6 Å². The van der Waals surface area contributed by atoms with Gasteiger partial charge in [-0.05, 0) is 48.5 Å². The molecule has 5 rings (SSSR count). The fraction of sp³-hybridized carbons (Fsp3) is 0.0741. The average molecular weight is 488 g/mol. The number of benzene rings is 3. The molecular formula is C27H19F3N4O2. The van der Waals surface area contributed by atoms with Crippen LogP contribution < -0.4 is 9.64 Å². The Balaban J connectivity index is 1.38. The lowest BCUT2D eigenvalue weighted by Gasteiger charge is -2.17. The maximum Gasteiger partial charge on any atom is 0.416 e. The van der Waals surface area contributed by atoms with Crippen molar-refractivity contribution < 1.29 is 22.7 Å². The minimum Gasteiger partial charge on any atom is -0.457 e. The topological polar surface area (TPSA) is 59.7 Å². The Morgan fingerprint density at radius 1 is 0.861 bits per heavy atom. The molecule has 0 bridgehead atoms. The molecule has 9 heteroatoms. The number of fused-ring (bicyclic) bond motifs is 1. The highest BCUT2D eigenvalue weighted by atomic mass is 19.4. The number of imidazole rings is 1. The minimum atomic E-state index is -4.42. The summed E-state index contributed by atoms with van der Waals surface area (Å²) in [6, 6.07) is 21.2. The molecule has 1 amide bonds. The van der Waals surface area contributed by atoms with E-state index < -0.39 is 11.7 Å². The molecule has 0 unspecified atom stereocenters. The Bertz CT molecular complexity index is 1510. The van der Waals surface area contributed by atoms with Crippen molar-refractivity contribution in [1.82, 2.24) is 14.4 Å². The number of carbonyl (C=O) groups excluding carboxylic acids is 1. The number of amides is 1. The molecule has 0 aliphatic rings. The largest absolute Gasteiger partial charge is 0.457 e. The second-order valence-corrected chi connectivity index (χ2v) is 7.99. The van der Waals surface area contributed by atoms with Gasteiger partial charge in [-0.15, -0.1) is 0 Å². The molecule has 36 heavy (non-hydrogen) atoms. The van der Waals surface area contributed by atoms with Crippen molar-refractivity contribution in [3.8, 4) is 22.8 Å². The molecule has 3 aromatic carbocycles. The standard InChI is InChI=1S/C27H19F3N4O2/c1-33(20-11-13-22(14-12-20)36-21-5-3-2-4-6-21)26(35)23-17-34-24(15-32-25(34)16-31-23)18-7-9-19(10-8-18)27(28,29)30/h2-17H,1H3. The second kappa shape index (κ2) is 9.18. The summed E-state index contributed by atoms with van der Waals surface area (Å²) >= 11 is 0. The molecule has 0 spiro atoms. The van der Waals surface area contributed by atoms with Gasteiger partial charge in [-0.3, -0.25) is 9.20 Å². The molecule has 0 aliphatic heterocycles. The van der Waals surface area contributed by atoms with Gasteiger partial charge in [0.1, 0.15) is 17.2 Å². The number of ether oxygens (including phenoxy) is 1. The first-order valence-electron chi connectivity index (χ1n) is 10.9. The summed E-state index contributed by atoms with van der Waals surface area (Å²) < 4.78 is 46.2. The van der Waals surface area contributed by atoms with Gasteiger partial charge >= 0.3 is 6.18 Å². The third kappa shape index (κ3) is 4.63. The van der Waals surface area contributed by atoms with Crippen LogP contribution in [0.25, 0.3) is 16.9 Å². The van der Waals surface area contributed by atoms with Gasteiger partial charge in [0, 0.05) is 24.5 Å². The van der Waals surface area contributed by atoms with Gasteiger partial charge in [0.25, 0.3) is 5.91 Å². The number of alkyl halides is 3. The lowest BCUT2D eigenvalue weighted by atomic mass is 10.1. The van der Waals surface area contributed by atoms with Crippen molar-refractivity contribution in [1.29, 1.82) is 0 Å². The molecule has 5 aromatic rings. The highest BCUT2D eigenvalue weighted by molar-refractivity contribution is 6.04.